The van der Waals surface area contributed by atoms with Gasteiger partial charge >= 0.3 is 0 Å². The van der Waals surface area contributed by atoms with Crippen LogP contribution in [0.25, 0.3) is 0 Å². The summed E-state index contributed by atoms with van der Waals surface area (Å²) in [6, 6.07) is 14.5. The summed E-state index contributed by atoms with van der Waals surface area (Å²) in [7, 11) is 1.99. The molecule has 0 aromatic heterocycles. The molecule has 1 N–H and O–H groups in total. The molecule has 1 aliphatic heterocycles. The first kappa shape index (κ1) is 27.2. The van der Waals surface area contributed by atoms with Crippen molar-refractivity contribution >= 4 is 34.8 Å². The minimum atomic E-state index is -0.466. The second kappa shape index (κ2) is 9.98. The highest BCUT2D eigenvalue weighted by atomic mass is 35.5. The molecule has 2 aliphatic carbocycles. The number of nitrogens with one attached hydrogen (secondary N) is 1. The van der Waals surface area contributed by atoms with Crippen molar-refractivity contribution in [3.63, 3.8) is 0 Å². The lowest BCUT2D eigenvalue weighted by Gasteiger charge is -2.47. The van der Waals surface area contributed by atoms with Gasteiger partial charge in [0.2, 0.25) is 0 Å². The van der Waals surface area contributed by atoms with Gasteiger partial charge in [-0.25, -0.2) is 0 Å². The number of para-hydroxylation sites is 1. The number of nitrogens with zero attached hydrogens (tertiary/aromatic N) is 1. The highest BCUT2D eigenvalue weighted by Gasteiger charge is 2.48. The molecule has 1 heterocycles. The topological polar surface area (TPSA) is 75.7 Å². The van der Waals surface area contributed by atoms with E-state index in [2.05, 4.69) is 37.9 Å². The number of rotatable bonds is 5. The van der Waals surface area contributed by atoms with E-state index in [1.165, 1.54) is 0 Å². The second-order valence-electron chi connectivity index (χ2n) is 12.5. The molecule has 2 aromatic rings. The van der Waals surface area contributed by atoms with Crippen LogP contribution in [0.5, 0.6) is 5.75 Å². The maximum atomic E-state index is 13.6. The van der Waals surface area contributed by atoms with Crippen molar-refractivity contribution in [2.75, 3.05) is 19.0 Å². The van der Waals surface area contributed by atoms with Crippen molar-refractivity contribution in [2.45, 2.75) is 59.3 Å². The van der Waals surface area contributed by atoms with Crippen LogP contribution in [0.3, 0.4) is 0 Å². The summed E-state index contributed by atoms with van der Waals surface area (Å²) in [5, 5.41) is 3.11. The first-order valence-electron chi connectivity index (χ1n) is 13.4. The van der Waals surface area contributed by atoms with Crippen molar-refractivity contribution in [2.24, 2.45) is 10.8 Å². The first-order valence-corrected chi connectivity index (χ1v) is 13.8. The molecule has 7 heteroatoms. The molecule has 0 bridgehead atoms. The van der Waals surface area contributed by atoms with E-state index in [4.69, 9.17) is 16.3 Å². The van der Waals surface area contributed by atoms with E-state index < -0.39 is 5.92 Å². The number of Topliss-reactive ketones (excluding diaryl/α,β-unsaturated/α-hetero) is 2. The van der Waals surface area contributed by atoms with Crippen molar-refractivity contribution in [3.8, 4) is 5.75 Å². The van der Waals surface area contributed by atoms with E-state index >= 15 is 0 Å². The molecular weight excluding hydrogens is 512 g/mol. The van der Waals surface area contributed by atoms with Gasteiger partial charge in [-0.15, -0.1) is 0 Å². The van der Waals surface area contributed by atoms with E-state index in [1.54, 1.807) is 24.3 Å². The lowest BCUT2D eigenvalue weighted by Crippen LogP contribution is -2.43. The molecule has 2 aromatic carbocycles. The van der Waals surface area contributed by atoms with Crippen LogP contribution in [-0.2, 0) is 14.4 Å². The van der Waals surface area contributed by atoms with E-state index in [-0.39, 0.29) is 34.9 Å². The molecular formula is C32H35ClN2O4. The Morgan fingerprint density at radius 1 is 0.923 bits per heavy atom. The molecule has 0 spiro atoms. The molecule has 1 amide bonds. The predicted octanol–water partition coefficient (Wildman–Crippen LogP) is 6.67. The van der Waals surface area contributed by atoms with Crippen LogP contribution < -0.4 is 10.1 Å². The van der Waals surface area contributed by atoms with Crippen molar-refractivity contribution < 1.29 is 19.1 Å². The van der Waals surface area contributed by atoms with E-state index in [0.29, 0.717) is 40.4 Å². The van der Waals surface area contributed by atoms with Crippen LogP contribution in [0.1, 0.15) is 64.9 Å². The zero-order valence-corrected chi connectivity index (χ0v) is 23.9. The Kier molecular flexibility index (Phi) is 6.96. The third-order valence-corrected chi connectivity index (χ3v) is 8.18. The highest BCUT2D eigenvalue weighted by Crippen LogP contribution is 2.54. The fraction of sp³-hybridized carbons (Fsp3) is 0.406. The highest BCUT2D eigenvalue weighted by molar-refractivity contribution is 6.32. The Balaban J connectivity index is 1.48. The smallest absolute Gasteiger partial charge is 0.262 e. The number of anilines is 1. The van der Waals surface area contributed by atoms with E-state index in [9.17, 15) is 14.4 Å². The van der Waals surface area contributed by atoms with Gasteiger partial charge in [-0.2, -0.15) is 0 Å². The van der Waals surface area contributed by atoms with Gasteiger partial charge in [-0.1, -0.05) is 63.6 Å². The molecule has 0 atom stereocenters. The Hall–Kier alpha value is -3.38. The lowest BCUT2D eigenvalue weighted by atomic mass is 9.64. The number of hydrogen-bond acceptors (Lipinski definition) is 5. The van der Waals surface area contributed by atoms with Crippen molar-refractivity contribution in [1.29, 1.82) is 0 Å². The maximum absolute atomic E-state index is 13.6. The standard InChI is InChI=1S/C32H35ClN2O4/c1-31(2)14-22-29(24(36)16-31)28(30-23(35(22)5)15-32(3,4)17-25(30)37)19-11-12-26(21(33)13-19)39-18-27(38)34-20-9-7-6-8-10-20/h6-13,28H,14-18H2,1-5H3,(H,34,38). The lowest BCUT2D eigenvalue weighted by molar-refractivity contribution is -0.120. The van der Waals surface area contributed by atoms with E-state index in [1.807, 2.05) is 31.3 Å². The van der Waals surface area contributed by atoms with Crippen molar-refractivity contribution in [1.82, 2.24) is 4.90 Å². The van der Waals surface area contributed by atoms with Gasteiger partial charge in [0, 0.05) is 54.0 Å². The van der Waals surface area contributed by atoms with Gasteiger partial charge in [-0.05, 0) is 53.5 Å². The molecule has 0 radical (unpaired) electrons. The minimum Gasteiger partial charge on any atom is -0.482 e. The summed E-state index contributed by atoms with van der Waals surface area (Å²) in [6.45, 7) is 8.28. The van der Waals surface area contributed by atoms with Crippen molar-refractivity contribution in [3.05, 3.63) is 81.7 Å². The molecule has 6 nitrogen and oxygen atoms in total. The van der Waals surface area contributed by atoms with Gasteiger partial charge in [0.25, 0.3) is 5.91 Å². The van der Waals surface area contributed by atoms with Crippen LogP contribution in [0, 0.1) is 10.8 Å². The maximum Gasteiger partial charge on any atom is 0.262 e. The Morgan fingerprint density at radius 2 is 1.49 bits per heavy atom. The van der Waals surface area contributed by atoms with Gasteiger partial charge in [0.05, 0.1) is 5.02 Å². The van der Waals surface area contributed by atoms with Crippen LogP contribution >= 0.6 is 11.6 Å². The largest absolute Gasteiger partial charge is 0.482 e. The van der Waals surface area contributed by atoms with Crippen LogP contribution in [0.4, 0.5) is 5.69 Å². The third kappa shape index (κ3) is 5.40. The number of amides is 1. The Bertz CT molecular complexity index is 1370. The molecule has 0 saturated carbocycles. The number of hydrogen-bond donors (Lipinski definition) is 1. The summed E-state index contributed by atoms with van der Waals surface area (Å²) in [4.78, 5) is 41.8. The molecule has 204 valence electrons. The average molecular weight is 547 g/mol. The van der Waals surface area contributed by atoms with Crippen LogP contribution in [0.2, 0.25) is 5.02 Å². The molecule has 0 fully saturated rings. The fourth-order valence-corrected chi connectivity index (χ4v) is 6.42. The Morgan fingerprint density at radius 3 is 2.03 bits per heavy atom. The van der Waals surface area contributed by atoms with Crippen LogP contribution in [-0.4, -0.2) is 36.0 Å². The van der Waals surface area contributed by atoms with Gasteiger partial charge in [0.15, 0.2) is 18.2 Å². The number of benzene rings is 2. The predicted molar refractivity (Wildman–Crippen MR) is 153 cm³/mol. The van der Waals surface area contributed by atoms with E-state index in [0.717, 1.165) is 29.8 Å². The monoisotopic (exact) mass is 546 g/mol. The van der Waals surface area contributed by atoms with Crippen LogP contribution in [0.15, 0.2) is 71.1 Å². The normalized spacial score (nSPS) is 20.5. The molecule has 3 aliphatic rings. The quantitative estimate of drug-likeness (QED) is 0.453. The summed E-state index contributed by atoms with van der Waals surface area (Å²) in [5.41, 5.74) is 4.57. The SMILES string of the molecule is CN1C2=C(C(=O)CC(C)(C)C2)C(c2ccc(OCC(=O)Nc3ccccc3)c(Cl)c2)C2=C1CC(C)(C)CC2=O. The van der Waals surface area contributed by atoms with Gasteiger partial charge in [-0.3, -0.25) is 14.4 Å². The molecule has 0 unspecified atom stereocenters. The summed E-state index contributed by atoms with van der Waals surface area (Å²) < 4.78 is 5.73. The second-order valence-corrected chi connectivity index (χ2v) is 12.9. The number of carbonyl (C=O) groups excluding carboxylic acids is 3. The zero-order valence-electron chi connectivity index (χ0n) is 23.2. The summed E-state index contributed by atoms with van der Waals surface area (Å²) in [6.07, 6.45) is 2.39. The number of halogens is 1. The molecule has 0 saturated heterocycles. The van der Waals surface area contributed by atoms with Gasteiger partial charge in [0.1, 0.15) is 5.75 Å². The number of carbonyl (C=O) groups is 3. The Labute approximate surface area is 235 Å². The molecule has 5 rings (SSSR count). The first-order chi connectivity index (χ1) is 18.3. The number of ether oxygens (including phenoxy) is 1. The average Bonchev–Trinajstić information content (AvgIpc) is 2.84. The summed E-state index contributed by atoms with van der Waals surface area (Å²) >= 11 is 6.67. The molecule has 39 heavy (non-hydrogen) atoms. The number of allylic oxidation sites excluding steroid dienone is 4. The minimum absolute atomic E-state index is 0.0799. The fourth-order valence-electron chi connectivity index (χ4n) is 6.17. The summed E-state index contributed by atoms with van der Waals surface area (Å²) in [5.74, 6) is -0.238. The number of ketones is 2. The zero-order chi connectivity index (χ0) is 28.1. The van der Waals surface area contributed by atoms with Gasteiger partial charge < -0.3 is 15.0 Å². The third-order valence-electron chi connectivity index (χ3n) is 7.89.